The number of hydrogen-bond acceptors (Lipinski definition) is 3. The zero-order valence-corrected chi connectivity index (χ0v) is 12.8. The van der Waals surface area contributed by atoms with E-state index in [1.807, 2.05) is 0 Å². The van der Waals surface area contributed by atoms with E-state index in [1.165, 1.54) is 32.4 Å². The SMILES string of the molecule is CC1CC2(CN3CCC(C)(C)CC3)OCCCC2O1. The molecule has 0 saturated carbocycles. The van der Waals surface area contributed by atoms with Crippen LogP contribution in [0.25, 0.3) is 0 Å². The van der Waals surface area contributed by atoms with Crippen LogP contribution in [-0.4, -0.2) is 49.0 Å². The van der Waals surface area contributed by atoms with Gasteiger partial charge in [0.1, 0.15) is 5.60 Å². The highest BCUT2D eigenvalue weighted by atomic mass is 16.6. The zero-order chi connectivity index (χ0) is 13.5. The van der Waals surface area contributed by atoms with Gasteiger partial charge in [-0.1, -0.05) is 13.8 Å². The van der Waals surface area contributed by atoms with E-state index in [9.17, 15) is 0 Å². The van der Waals surface area contributed by atoms with Gasteiger partial charge in [0.2, 0.25) is 0 Å². The first-order valence-corrected chi connectivity index (χ1v) is 8.01. The van der Waals surface area contributed by atoms with E-state index in [0.29, 0.717) is 17.6 Å². The summed E-state index contributed by atoms with van der Waals surface area (Å²) >= 11 is 0. The van der Waals surface area contributed by atoms with E-state index >= 15 is 0 Å². The van der Waals surface area contributed by atoms with Gasteiger partial charge >= 0.3 is 0 Å². The second-order valence-electron chi connectivity index (χ2n) is 7.64. The van der Waals surface area contributed by atoms with Gasteiger partial charge in [-0.25, -0.2) is 0 Å². The Morgan fingerprint density at radius 1 is 1.21 bits per heavy atom. The predicted octanol–water partition coefficient (Wildman–Crippen LogP) is 2.84. The van der Waals surface area contributed by atoms with Gasteiger partial charge in [-0.05, 0) is 51.1 Å². The van der Waals surface area contributed by atoms with E-state index in [4.69, 9.17) is 9.47 Å². The molecule has 3 rings (SSSR count). The molecule has 3 heteroatoms. The lowest BCUT2D eigenvalue weighted by Crippen LogP contribution is -2.54. The Hall–Kier alpha value is -0.120. The van der Waals surface area contributed by atoms with Gasteiger partial charge in [0.15, 0.2) is 0 Å². The summed E-state index contributed by atoms with van der Waals surface area (Å²) in [5.41, 5.74) is 0.527. The van der Waals surface area contributed by atoms with E-state index in [1.54, 1.807) is 0 Å². The first kappa shape index (κ1) is 13.8. The third-order valence-corrected chi connectivity index (χ3v) is 5.32. The maximum absolute atomic E-state index is 6.25. The molecule has 19 heavy (non-hydrogen) atoms. The van der Waals surface area contributed by atoms with Crippen LogP contribution in [-0.2, 0) is 9.47 Å². The Bertz CT molecular complexity index is 321. The number of piperidine rings is 1. The molecule has 3 heterocycles. The van der Waals surface area contributed by atoms with Gasteiger partial charge in [0.05, 0.1) is 12.2 Å². The molecule has 3 nitrogen and oxygen atoms in total. The number of rotatable bonds is 2. The van der Waals surface area contributed by atoms with Crippen molar-refractivity contribution in [3.05, 3.63) is 0 Å². The lowest BCUT2D eigenvalue weighted by Gasteiger charge is -2.44. The Morgan fingerprint density at radius 3 is 2.68 bits per heavy atom. The van der Waals surface area contributed by atoms with Crippen LogP contribution in [0.1, 0.15) is 52.9 Å². The van der Waals surface area contributed by atoms with Crippen LogP contribution in [0.15, 0.2) is 0 Å². The molecule has 0 spiro atoms. The second-order valence-corrected chi connectivity index (χ2v) is 7.64. The van der Waals surface area contributed by atoms with Crippen LogP contribution >= 0.6 is 0 Å². The number of fused-ring (bicyclic) bond motifs is 1. The lowest BCUT2D eigenvalue weighted by molar-refractivity contribution is -0.140. The average Bonchev–Trinajstić information content (AvgIpc) is 2.68. The van der Waals surface area contributed by atoms with Crippen molar-refractivity contribution in [1.29, 1.82) is 0 Å². The molecule has 3 aliphatic heterocycles. The van der Waals surface area contributed by atoms with Crippen molar-refractivity contribution < 1.29 is 9.47 Å². The highest BCUT2D eigenvalue weighted by Crippen LogP contribution is 2.41. The summed E-state index contributed by atoms with van der Waals surface area (Å²) in [5, 5.41) is 0. The van der Waals surface area contributed by atoms with Crippen LogP contribution in [0.3, 0.4) is 0 Å². The molecule has 0 aromatic heterocycles. The first-order chi connectivity index (χ1) is 8.99. The fourth-order valence-electron chi connectivity index (χ4n) is 4.00. The molecule has 0 radical (unpaired) electrons. The van der Waals surface area contributed by atoms with Gasteiger partial charge in [0.25, 0.3) is 0 Å². The molecular formula is C16H29NO2. The fraction of sp³-hybridized carbons (Fsp3) is 1.00. The number of ether oxygens (including phenoxy) is 2. The lowest BCUT2D eigenvalue weighted by atomic mass is 9.81. The fourth-order valence-corrected chi connectivity index (χ4v) is 4.00. The molecular weight excluding hydrogens is 238 g/mol. The maximum Gasteiger partial charge on any atom is 0.109 e. The largest absolute Gasteiger partial charge is 0.372 e. The van der Waals surface area contributed by atoms with Crippen LogP contribution in [0.2, 0.25) is 0 Å². The summed E-state index contributed by atoms with van der Waals surface area (Å²) in [6.07, 6.45) is 6.75. The number of nitrogens with zero attached hydrogens (tertiary/aromatic N) is 1. The quantitative estimate of drug-likeness (QED) is 0.768. The summed E-state index contributed by atoms with van der Waals surface area (Å²) in [5.74, 6) is 0. The Balaban J connectivity index is 1.64. The number of hydrogen-bond donors (Lipinski definition) is 0. The van der Waals surface area contributed by atoms with E-state index in [-0.39, 0.29) is 5.60 Å². The smallest absolute Gasteiger partial charge is 0.109 e. The predicted molar refractivity (Wildman–Crippen MR) is 76.3 cm³/mol. The summed E-state index contributed by atoms with van der Waals surface area (Å²) in [6, 6.07) is 0. The average molecular weight is 267 g/mol. The topological polar surface area (TPSA) is 21.7 Å². The van der Waals surface area contributed by atoms with Crippen molar-refractivity contribution in [3.8, 4) is 0 Å². The standard InChI is InChI=1S/C16H29NO2/c1-13-11-16(14(19-13)5-4-10-18-16)12-17-8-6-15(2,3)7-9-17/h13-14H,4-12H2,1-3H3. The van der Waals surface area contributed by atoms with Crippen LogP contribution in [0.5, 0.6) is 0 Å². The molecule has 0 aromatic carbocycles. The molecule has 0 aromatic rings. The zero-order valence-electron chi connectivity index (χ0n) is 12.8. The summed E-state index contributed by atoms with van der Waals surface area (Å²) in [4.78, 5) is 2.62. The van der Waals surface area contributed by atoms with Crippen molar-refractivity contribution in [1.82, 2.24) is 4.90 Å². The molecule has 0 aliphatic carbocycles. The summed E-state index contributed by atoms with van der Waals surface area (Å²) in [6.45, 7) is 11.4. The Labute approximate surface area is 117 Å². The van der Waals surface area contributed by atoms with E-state index in [0.717, 1.165) is 26.0 Å². The third-order valence-electron chi connectivity index (χ3n) is 5.32. The van der Waals surface area contributed by atoms with Crippen LogP contribution in [0, 0.1) is 5.41 Å². The van der Waals surface area contributed by atoms with Crippen molar-refractivity contribution in [3.63, 3.8) is 0 Å². The Kier molecular flexibility index (Phi) is 3.65. The van der Waals surface area contributed by atoms with Gasteiger partial charge in [-0.15, -0.1) is 0 Å². The number of likely N-dealkylation sites (tertiary alicyclic amines) is 1. The minimum atomic E-state index is -0.000844. The molecule has 110 valence electrons. The second kappa shape index (κ2) is 5.01. The molecule has 3 saturated heterocycles. The van der Waals surface area contributed by atoms with Crippen molar-refractivity contribution in [2.45, 2.75) is 70.7 Å². The Morgan fingerprint density at radius 2 is 1.95 bits per heavy atom. The normalized spacial score (nSPS) is 43.1. The maximum atomic E-state index is 6.25. The molecule has 0 N–H and O–H groups in total. The van der Waals surface area contributed by atoms with E-state index < -0.39 is 0 Å². The minimum absolute atomic E-state index is 0.000844. The minimum Gasteiger partial charge on any atom is -0.372 e. The van der Waals surface area contributed by atoms with Gasteiger partial charge in [-0.3, -0.25) is 0 Å². The monoisotopic (exact) mass is 267 g/mol. The first-order valence-electron chi connectivity index (χ1n) is 8.01. The van der Waals surface area contributed by atoms with Crippen molar-refractivity contribution in [2.75, 3.05) is 26.2 Å². The highest BCUT2D eigenvalue weighted by molar-refractivity contribution is 5.01. The molecule has 3 fully saturated rings. The van der Waals surface area contributed by atoms with Crippen molar-refractivity contribution in [2.24, 2.45) is 5.41 Å². The van der Waals surface area contributed by atoms with Crippen LogP contribution in [0.4, 0.5) is 0 Å². The molecule has 3 aliphatic rings. The van der Waals surface area contributed by atoms with Crippen molar-refractivity contribution >= 4 is 0 Å². The van der Waals surface area contributed by atoms with Gasteiger partial charge < -0.3 is 14.4 Å². The highest BCUT2D eigenvalue weighted by Gasteiger charge is 2.50. The molecule has 0 amide bonds. The molecule has 3 unspecified atom stereocenters. The molecule has 3 atom stereocenters. The van der Waals surface area contributed by atoms with Gasteiger partial charge in [0, 0.05) is 19.6 Å². The van der Waals surface area contributed by atoms with Crippen LogP contribution < -0.4 is 0 Å². The summed E-state index contributed by atoms with van der Waals surface area (Å²) < 4.78 is 12.3. The van der Waals surface area contributed by atoms with Gasteiger partial charge in [-0.2, -0.15) is 0 Å². The van der Waals surface area contributed by atoms with E-state index in [2.05, 4.69) is 25.7 Å². The molecule has 0 bridgehead atoms. The summed E-state index contributed by atoms with van der Waals surface area (Å²) in [7, 11) is 0. The third kappa shape index (κ3) is 2.84.